The molecule has 2 saturated heterocycles. The van der Waals surface area contributed by atoms with Crippen LogP contribution in [-0.4, -0.2) is 54.0 Å². The highest BCUT2D eigenvalue weighted by Gasteiger charge is 2.76. The Morgan fingerprint density at radius 1 is 1.34 bits per heavy atom. The molecule has 3 aliphatic rings. The van der Waals surface area contributed by atoms with Crippen LogP contribution in [0.25, 0.3) is 0 Å². The van der Waals surface area contributed by atoms with E-state index in [2.05, 4.69) is 5.32 Å². The van der Waals surface area contributed by atoms with Crippen molar-refractivity contribution in [2.75, 3.05) is 25.1 Å². The molecule has 3 aliphatic heterocycles. The van der Waals surface area contributed by atoms with Crippen LogP contribution in [0, 0.1) is 35.0 Å². The molecule has 3 amide bonds. The van der Waals surface area contributed by atoms with Crippen molar-refractivity contribution in [1.29, 1.82) is 10.5 Å². The number of ether oxygens (including phenoxy) is 1. The van der Waals surface area contributed by atoms with Crippen LogP contribution < -0.4 is 10.2 Å². The fraction of sp³-hybridized carbons (Fsp3) is 0.368. The average molecular weight is 409 g/mol. The number of aryl methyl sites for hydroxylation is 1. The molecule has 29 heavy (non-hydrogen) atoms. The van der Waals surface area contributed by atoms with Gasteiger partial charge in [0.1, 0.15) is 23.1 Å². The molecule has 10 heteroatoms. The van der Waals surface area contributed by atoms with Crippen molar-refractivity contribution < 1.29 is 19.1 Å². The Morgan fingerprint density at radius 3 is 2.62 bits per heavy atom. The molecule has 3 heterocycles. The number of imide groups is 1. The molecule has 146 valence electrons. The smallest absolute Gasteiger partial charge is 0.416 e. The number of hydrogen-bond acceptors (Lipinski definition) is 7. The van der Waals surface area contributed by atoms with Crippen LogP contribution in [0.4, 0.5) is 10.5 Å². The lowest BCUT2D eigenvalue weighted by Crippen LogP contribution is -2.60. The predicted octanol–water partition coefficient (Wildman–Crippen LogP) is 0.521. The van der Waals surface area contributed by atoms with Gasteiger partial charge in [0.15, 0.2) is 0 Å². The normalized spacial score (nSPS) is 26.8. The summed E-state index contributed by atoms with van der Waals surface area (Å²) >= 11 is 5.30. The van der Waals surface area contributed by atoms with Crippen molar-refractivity contribution in [2.24, 2.45) is 5.41 Å². The Kier molecular flexibility index (Phi) is 3.90. The minimum absolute atomic E-state index is 0.00942. The quantitative estimate of drug-likeness (QED) is 0.665. The average Bonchev–Trinajstić information content (AvgIpc) is 3.31. The molecule has 0 saturated carbocycles. The second kappa shape index (κ2) is 6.00. The Labute approximate surface area is 171 Å². The molecule has 4 rings (SSSR count). The zero-order chi connectivity index (χ0) is 21.1. The number of nitrogens with one attached hydrogen (secondary N) is 1. The molecule has 2 fully saturated rings. The first-order valence-electron chi connectivity index (χ1n) is 8.77. The molecule has 0 aliphatic carbocycles. The topological polar surface area (TPSA) is 127 Å². The first kappa shape index (κ1) is 18.8. The third-order valence-electron chi connectivity index (χ3n) is 5.83. The van der Waals surface area contributed by atoms with Crippen LogP contribution >= 0.6 is 12.2 Å². The van der Waals surface area contributed by atoms with E-state index >= 15 is 0 Å². The van der Waals surface area contributed by atoms with Crippen molar-refractivity contribution in [3.63, 3.8) is 0 Å². The summed E-state index contributed by atoms with van der Waals surface area (Å²) in [6.07, 6.45) is -0.840. The lowest BCUT2D eigenvalue weighted by Gasteiger charge is -2.35. The van der Waals surface area contributed by atoms with E-state index in [0.717, 1.165) is 10.5 Å². The molecule has 1 aromatic rings. The number of fused-ring (bicyclic) bond motifs is 2. The summed E-state index contributed by atoms with van der Waals surface area (Å²) in [5.41, 5.74) is -2.43. The maximum absolute atomic E-state index is 13.6. The summed E-state index contributed by atoms with van der Waals surface area (Å²) in [4.78, 5) is 40.9. The summed E-state index contributed by atoms with van der Waals surface area (Å²) in [5.74, 6) is -1.38. The SMILES string of the molecule is Cc1ccc2c(c1)[C@]1(C(=O)N2C)[C@H](C(=O)N2CCOC2=O)NC(=S)C1(C#N)C#N. The van der Waals surface area contributed by atoms with Gasteiger partial charge in [-0.15, -0.1) is 0 Å². The van der Waals surface area contributed by atoms with E-state index < -0.39 is 34.8 Å². The highest BCUT2D eigenvalue weighted by Crippen LogP contribution is 2.57. The van der Waals surface area contributed by atoms with Crippen molar-refractivity contribution in [1.82, 2.24) is 10.2 Å². The number of likely N-dealkylation sites (N-methyl/N-ethyl adjacent to an activating group) is 1. The van der Waals surface area contributed by atoms with Gasteiger partial charge in [0, 0.05) is 12.7 Å². The summed E-state index contributed by atoms with van der Waals surface area (Å²) in [7, 11) is 1.51. The first-order valence-corrected chi connectivity index (χ1v) is 9.18. The number of amides is 3. The first-order chi connectivity index (χ1) is 13.8. The third kappa shape index (κ3) is 2.01. The van der Waals surface area contributed by atoms with E-state index in [0.29, 0.717) is 11.3 Å². The second-order valence-electron chi connectivity index (χ2n) is 7.18. The van der Waals surface area contributed by atoms with Crippen LogP contribution in [0.5, 0.6) is 0 Å². The van der Waals surface area contributed by atoms with Gasteiger partial charge in [0.25, 0.3) is 5.91 Å². The number of thiocarbonyl (C=S) groups is 1. The van der Waals surface area contributed by atoms with Crippen LogP contribution in [-0.2, 0) is 19.7 Å². The fourth-order valence-electron chi connectivity index (χ4n) is 4.43. The maximum Gasteiger partial charge on any atom is 0.416 e. The molecule has 0 radical (unpaired) electrons. The van der Waals surface area contributed by atoms with Gasteiger partial charge in [0.05, 0.1) is 18.7 Å². The number of nitriles is 2. The Hall–Kier alpha value is -3.50. The summed E-state index contributed by atoms with van der Waals surface area (Å²) < 4.78 is 4.85. The van der Waals surface area contributed by atoms with Gasteiger partial charge >= 0.3 is 6.09 Å². The molecular weight excluding hydrogens is 394 g/mol. The van der Waals surface area contributed by atoms with Gasteiger partial charge in [-0.3, -0.25) is 9.59 Å². The standard InChI is InChI=1S/C19H15N5O4S/c1-10-3-4-12-11(7-10)19(16(26)23(12)2)13(14(25)24-5-6-28-17(24)27)22-15(29)18(19,8-20)9-21/h3-4,7,13H,5-6H2,1-2H3,(H,22,29)/t13-,19+/m0/s1. The number of hydrogen-bond donors (Lipinski definition) is 1. The van der Waals surface area contributed by atoms with Crippen LogP contribution in [0.2, 0.25) is 0 Å². The largest absolute Gasteiger partial charge is 0.447 e. The molecule has 1 N–H and O–H groups in total. The monoisotopic (exact) mass is 409 g/mol. The number of anilines is 1. The zero-order valence-corrected chi connectivity index (χ0v) is 16.4. The van der Waals surface area contributed by atoms with Gasteiger partial charge in [-0.05, 0) is 18.6 Å². The van der Waals surface area contributed by atoms with Crippen LogP contribution in [0.15, 0.2) is 18.2 Å². The minimum atomic E-state index is -2.11. The summed E-state index contributed by atoms with van der Waals surface area (Å²) in [5, 5.41) is 22.8. The second-order valence-corrected chi connectivity index (χ2v) is 7.59. The van der Waals surface area contributed by atoms with Crippen molar-refractivity contribution in [3.05, 3.63) is 29.3 Å². The number of carbonyl (C=O) groups excluding carboxylic acids is 3. The van der Waals surface area contributed by atoms with Crippen molar-refractivity contribution in [3.8, 4) is 12.1 Å². The Balaban J connectivity index is 2.04. The fourth-order valence-corrected chi connectivity index (χ4v) is 4.80. The van der Waals surface area contributed by atoms with Crippen molar-refractivity contribution in [2.45, 2.75) is 18.4 Å². The molecule has 0 bridgehead atoms. The highest BCUT2D eigenvalue weighted by atomic mass is 32.1. The zero-order valence-electron chi connectivity index (χ0n) is 15.6. The van der Waals surface area contributed by atoms with E-state index in [1.807, 2.05) is 12.1 Å². The maximum atomic E-state index is 13.6. The molecule has 0 aromatic heterocycles. The number of rotatable bonds is 1. The van der Waals surface area contributed by atoms with Crippen LogP contribution in [0.3, 0.4) is 0 Å². The number of nitrogens with zero attached hydrogens (tertiary/aromatic N) is 4. The molecule has 1 aromatic carbocycles. The van der Waals surface area contributed by atoms with Gasteiger partial charge in [0.2, 0.25) is 11.3 Å². The highest BCUT2D eigenvalue weighted by molar-refractivity contribution is 7.80. The molecule has 2 atom stereocenters. The number of cyclic esters (lactones) is 1. The van der Waals surface area contributed by atoms with E-state index in [-0.39, 0.29) is 18.1 Å². The third-order valence-corrected chi connectivity index (χ3v) is 6.25. The van der Waals surface area contributed by atoms with Crippen molar-refractivity contribution >= 4 is 40.8 Å². The molecule has 0 unspecified atom stereocenters. The van der Waals surface area contributed by atoms with Crippen LogP contribution in [0.1, 0.15) is 11.1 Å². The van der Waals surface area contributed by atoms with E-state index in [1.165, 1.54) is 11.9 Å². The number of carbonyl (C=O) groups is 3. The van der Waals surface area contributed by atoms with E-state index in [4.69, 9.17) is 17.0 Å². The van der Waals surface area contributed by atoms with Gasteiger partial charge < -0.3 is 15.0 Å². The minimum Gasteiger partial charge on any atom is -0.447 e. The van der Waals surface area contributed by atoms with E-state index in [9.17, 15) is 24.9 Å². The summed E-state index contributed by atoms with van der Waals surface area (Å²) in [6.45, 7) is 1.84. The lowest BCUT2D eigenvalue weighted by atomic mass is 9.60. The summed E-state index contributed by atoms with van der Waals surface area (Å²) in [6, 6.07) is 7.58. The molecule has 1 spiro atoms. The number of benzene rings is 1. The molecule has 9 nitrogen and oxygen atoms in total. The lowest BCUT2D eigenvalue weighted by molar-refractivity contribution is -0.136. The molecular formula is C19H15N5O4S. The predicted molar refractivity (Wildman–Crippen MR) is 103 cm³/mol. The van der Waals surface area contributed by atoms with Gasteiger partial charge in [-0.25, -0.2) is 9.69 Å². The van der Waals surface area contributed by atoms with Gasteiger partial charge in [-0.2, -0.15) is 10.5 Å². The van der Waals surface area contributed by atoms with Gasteiger partial charge in [-0.1, -0.05) is 29.9 Å². The Bertz CT molecular complexity index is 1070. The van der Waals surface area contributed by atoms with E-state index in [1.54, 1.807) is 25.1 Å². The Morgan fingerprint density at radius 2 is 2.03 bits per heavy atom.